The first kappa shape index (κ1) is 14.4. The minimum Gasteiger partial charge on any atom is -0.372 e. The summed E-state index contributed by atoms with van der Waals surface area (Å²) in [7, 11) is 0. The van der Waals surface area contributed by atoms with E-state index in [1.54, 1.807) is 0 Å². The van der Waals surface area contributed by atoms with E-state index in [-0.39, 0.29) is 0 Å². The molecule has 1 heterocycles. The molecule has 0 spiro atoms. The van der Waals surface area contributed by atoms with Crippen LogP contribution in [0.5, 0.6) is 0 Å². The molecule has 0 aliphatic heterocycles. The third-order valence-corrected chi connectivity index (χ3v) is 3.62. The van der Waals surface area contributed by atoms with Gasteiger partial charge in [0.05, 0.1) is 6.20 Å². The fourth-order valence-electron chi connectivity index (χ4n) is 2.00. The molecule has 0 saturated carbocycles. The van der Waals surface area contributed by atoms with Gasteiger partial charge in [0.1, 0.15) is 5.00 Å². The largest absolute Gasteiger partial charge is 0.372 e. The Kier molecular flexibility index (Phi) is 7.97. The van der Waals surface area contributed by atoms with Crippen LogP contribution in [-0.4, -0.2) is 15.6 Å². The van der Waals surface area contributed by atoms with Crippen LogP contribution in [-0.2, 0) is 0 Å². The van der Waals surface area contributed by atoms with Crippen molar-refractivity contribution in [2.75, 3.05) is 5.32 Å². The molecule has 1 rings (SSSR count). The second-order valence-corrected chi connectivity index (χ2v) is 5.40. The zero-order chi connectivity index (χ0) is 12.3. The molecule has 0 unspecified atom stereocenters. The Morgan fingerprint density at radius 3 is 2.24 bits per heavy atom. The highest BCUT2D eigenvalue weighted by molar-refractivity contribution is 7.09. The minimum atomic E-state index is 0.607. The highest BCUT2D eigenvalue weighted by atomic mass is 32.1. The fraction of sp³-hybridized carbons (Fsp3) is 0.846. The molecule has 0 radical (unpaired) electrons. The van der Waals surface area contributed by atoms with E-state index in [2.05, 4.69) is 28.8 Å². The van der Waals surface area contributed by atoms with E-state index < -0.39 is 0 Å². The molecule has 0 atom stereocenters. The zero-order valence-electron chi connectivity index (χ0n) is 11.1. The maximum absolute atomic E-state index is 3.90. The molecule has 17 heavy (non-hydrogen) atoms. The Bertz CT molecular complexity index is 252. The Morgan fingerprint density at radius 2 is 1.76 bits per heavy atom. The van der Waals surface area contributed by atoms with E-state index >= 15 is 0 Å². The van der Waals surface area contributed by atoms with Crippen molar-refractivity contribution in [1.29, 1.82) is 0 Å². The fourth-order valence-corrected chi connectivity index (χ4v) is 2.50. The lowest BCUT2D eigenvalue weighted by molar-refractivity contribution is 0.527. The average Bonchev–Trinajstić information content (AvgIpc) is 2.82. The number of anilines is 1. The van der Waals surface area contributed by atoms with E-state index in [0.29, 0.717) is 6.04 Å². The summed E-state index contributed by atoms with van der Waals surface area (Å²) in [5, 5.41) is 8.56. The van der Waals surface area contributed by atoms with E-state index in [1.165, 1.54) is 62.9 Å². The summed E-state index contributed by atoms with van der Waals surface area (Å²) in [6.45, 7) is 4.51. The van der Waals surface area contributed by atoms with Crippen LogP contribution in [0.3, 0.4) is 0 Å². The molecule has 0 bridgehead atoms. The van der Waals surface area contributed by atoms with Crippen LogP contribution in [0.25, 0.3) is 0 Å². The first-order chi connectivity index (χ1) is 8.36. The molecule has 98 valence electrons. The van der Waals surface area contributed by atoms with Crippen molar-refractivity contribution in [1.82, 2.24) is 9.59 Å². The number of hydrogen-bond donors (Lipinski definition) is 1. The van der Waals surface area contributed by atoms with Crippen LogP contribution in [0.15, 0.2) is 6.20 Å². The van der Waals surface area contributed by atoms with Gasteiger partial charge >= 0.3 is 0 Å². The van der Waals surface area contributed by atoms with Crippen molar-refractivity contribution in [3.05, 3.63) is 6.20 Å². The summed E-state index contributed by atoms with van der Waals surface area (Å²) in [5.41, 5.74) is 0. The van der Waals surface area contributed by atoms with Crippen LogP contribution in [0.1, 0.15) is 65.2 Å². The summed E-state index contributed by atoms with van der Waals surface area (Å²) < 4.78 is 3.90. The molecule has 3 nitrogen and oxygen atoms in total. The smallest absolute Gasteiger partial charge is 0.130 e. The molecule has 0 aliphatic rings. The molecule has 1 N–H and O–H groups in total. The molecule has 0 fully saturated rings. The van der Waals surface area contributed by atoms with Crippen molar-refractivity contribution in [3.8, 4) is 0 Å². The maximum Gasteiger partial charge on any atom is 0.130 e. The van der Waals surface area contributed by atoms with E-state index in [4.69, 9.17) is 0 Å². The lowest BCUT2D eigenvalue weighted by atomic mass is 10.0. The average molecular weight is 255 g/mol. The van der Waals surface area contributed by atoms with Gasteiger partial charge in [-0.2, -0.15) is 0 Å². The van der Waals surface area contributed by atoms with Crippen LogP contribution in [0.2, 0.25) is 0 Å². The molecule has 0 saturated heterocycles. The predicted molar refractivity (Wildman–Crippen MR) is 75.6 cm³/mol. The summed E-state index contributed by atoms with van der Waals surface area (Å²) >= 11 is 1.46. The summed E-state index contributed by atoms with van der Waals surface area (Å²) in [4.78, 5) is 0. The number of unbranched alkanes of at least 4 members (excludes halogenated alkanes) is 4. The van der Waals surface area contributed by atoms with Gasteiger partial charge in [-0.1, -0.05) is 56.9 Å². The zero-order valence-corrected chi connectivity index (χ0v) is 11.9. The van der Waals surface area contributed by atoms with Crippen molar-refractivity contribution < 1.29 is 0 Å². The van der Waals surface area contributed by atoms with E-state index in [9.17, 15) is 0 Å². The molecular weight excluding hydrogens is 230 g/mol. The van der Waals surface area contributed by atoms with Crippen LogP contribution < -0.4 is 5.32 Å². The Labute approximate surface area is 109 Å². The van der Waals surface area contributed by atoms with Gasteiger partial charge in [-0.05, 0) is 12.8 Å². The van der Waals surface area contributed by atoms with Crippen molar-refractivity contribution in [2.45, 2.75) is 71.3 Å². The van der Waals surface area contributed by atoms with Crippen LogP contribution in [0, 0.1) is 0 Å². The number of aromatic nitrogens is 2. The van der Waals surface area contributed by atoms with Crippen LogP contribution in [0.4, 0.5) is 5.00 Å². The van der Waals surface area contributed by atoms with Crippen molar-refractivity contribution in [3.63, 3.8) is 0 Å². The second kappa shape index (κ2) is 9.40. The third-order valence-electron chi connectivity index (χ3n) is 3.02. The van der Waals surface area contributed by atoms with Gasteiger partial charge in [0.15, 0.2) is 0 Å². The summed E-state index contributed by atoms with van der Waals surface area (Å²) in [6, 6.07) is 0.607. The number of hydrogen-bond acceptors (Lipinski definition) is 4. The first-order valence-corrected chi connectivity index (χ1v) is 7.68. The minimum absolute atomic E-state index is 0.607. The summed E-state index contributed by atoms with van der Waals surface area (Å²) in [5.74, 6) is 0. The standard InChI is InChI=1S/C13H25N3S/c1-3-5-7-9-12(10-8-6-4-2)15-13-11-14-16-17-13/h11-12,15H,3-10H2,1-2H3. The van der Waals surface area contributed by atoms with E-state index in [0.717, 1.165) is 5.00 Å². The Morgan fingerprint density at radius 1 is 1.12 bits per heavy atom. The topological polar surface area (TPSA) is 37.8 Å². The number of nitrogens with one attached hydrogen (secondary N) is 1. The normalized spacial score (nSPS) is 11.0. The van der Waals surface area contributed by atoms with Gasteiger partial charge < -0.3 is 5.32 Å². The highest BCUT2D eigenvalue weighted by Crippen LogP contribution is 2.18. The molecule has 1 aromatic heterocycles. The monoisotopic (exact) mass is 255 g/mol. The molecular formula is C13H25N3S. The Hall–Kier alpha value is -0.640. The van der Waals surface area contributed by atoms with Gasteiger partial charge in [0, 0.05) is 17.6 Å². The van der Waals surface area contributed by atoms with Crippen LogP contribution >= 0.6 is 11.5 Å². The quantitative estimate of drug-likeness (QED) is 0.626. The first-order valence-electron chi connectivity index (χ1n) is 6.90. The second-order valence-electron chi connectivity index (χ2n) is 4.61. The lowest BCUT2D eigenvalue weighted by Crippen LogP contribution is -2.18. The number of nitrogens with zero attached hydrogens (tertiary/aromatic N) is 2. The molecule has 1 aromatic rings. The summed E-state index contributed by atoms with van der Waals surface area (Å²) in [6.07, 6.45) is 12.3. The van der Waals surface area contributed by atoms with Gasteiger partial charge in [-0.3, -0.25) is 0 Å². The third kappa shape index (κ3) is 6.61. The maximum atomic E-state index is 3.90. The van der Waals surface area contributed by atoms with E-state index in [1.807, 2.05) is 6.20 Å². The van der Waals surface area contributed by atoms with Crippen molar-refractivity contribution in [2.24, 2.45) is 0 Å². The number of rotatable bonds is 10. The SMILES string of the molecule is CCCCCC(CCCCC)Nc1cnns1. The van der Waals surface area contributed by atoms with Gasteiger partial charge in [0.2, 0.25) is 0 Å². The lowest BCUT2D eigenvalue weighted by Gasteiger charge is -2.18. The van der Waals surface area contributed by atoms with Crippen molar-refractivity contribution >= 4 is 16.5 Å². The van der Waals surface area contributed by atoms with Gasteiger partial charge in [0.25, 0.3) is 0 Å². The molecule has 0 aliphatic carbocycles. The molecule has 0 amide bonds. The highest BCUT2D eigenvalue weighted by Gasteiger charge is 2.09. The predicted octanol–water partition coefficient (Wildman–Crippen LogP) is 4.48. The molecule has 0 aromatic carbocycles. The van der Waals surface area contributed by atoms with Gasteiger partial charge in [-0.25, -0.2) is 0 Å². The molecule has 4 heteroatoms. The van der Waals surface area contributed by atoms with Gasteiger partial charge in [-0.15, -0.1) is 5.10 Å². The Balaban J connectivity index is 2.29.